The van der Waals surface area contributed by atoms with E-state index in [9.17, 15) is 5.11 Å². The molecule has 0 unspecified atom stereocenters. The minimum Gasteiger partial charge on any atom is -0.507 e. The van der Waals surface area contributed by atoms with E-state index in [-0.39, 0.29) is 5.41 Å². The summed E-state index contributed by atoms with van der Waals surface area (Å²) in [5.41, 5.74) is 1.83. The van der Waals surface area contributed by atoms with E-state index in [0.29, 0.717) is 5.75 Å². The molecule has 0 fully saturated rings. The van der Waals surface area contributed by atoms with Gasteiger partial charge in [0, 0.05) is 12.1 Å². The van der Waals surface area contributed by atoms with E-state index in [2.05, 4.69) is 26.1 Å². The van der Waals surface area contributed by atoms with Crippen molar-refractivity contribution in [3.63, 3.8) is 0 Å². The number of aromatic hydroxyl groups is 1. The summed E-state index contributed by atoms with van der Waals surface area (Å²) in [5, 5.41) is 13.2. The van der Waals surface area contributed by atoms with Crippen molar-refractivity contribution >= 4 is 6.08 Å². The summed E-state index contributed by atoms with van der Waals surface area (Å²) in [7, 11) is 1.90. The maximum atomic E-state index is 10.2. The van der Waals surface area contributed by atoms with E-state index < -0.39 is 0 Å². The van der Waals surface area contributed by atoms with Crippen LogP contribution in [0, 0.1) is 0 Å². The first kappa shape index (κ1) is 12.8. The van der Waals surface area contributed by atoms with E-state index in [1.54, 1.807) is 0 Å². The van der Waals surface area contributed by atoms with Gasteiger partial charge in [-0.2, -0.15) is 0 Å². The quantitative estimate of drug-likeness (QED) is 0.819. The van der Waals surface area contributed by atoms with Crippen LogP contribution in [0.3, 0.4) is 0 Å². The van der Waals surface area contributed by atoms with Crippen molar-refractivity contribution in [2.45, 2.75) is 26.2 Å². The molecule has 1 aromatic carbocycles. The van der Waals surface area contributed by atoms with Crippen molar-refractivity contribution in [2.75, 3.05) is 13.6 Å². The molecule has 0 heterocycles. The van der Waals surface area contributed by atoms with Gasteiger partial charge in [0.05, 0.1) is 0 Å². The number of rotatable bonds is 3. The Kier molecular flexibility index (Phi) is 4.13. The Bertz CT molecular complexity index is 375. The molecule has 0 saturated heterocycles. The molecule has 0 amide bonds. The average molecular weight is 219 g/mol. The number of benzene rings is 1. The zero-order valence-corrected chi connectivity index (χ0v) is 10.5. The predicted molar refractivity (Wildman–Crippen MR) is 69.8 cm³/mol. The molecule has 2 heteroatoms. The van der Waals surface area contributed by atoms with Crippen LogP contribution in [0.5, 0.6) is 5.75 Å². The zero-order valence-electron chi connectivity index (χ0n) is 10.5. The Labute approximate surface area is 98.0 Å². The minimum atomic E-state index is -0.0308. The summed E-state index contributed by atoms with van der Waals surface area (Å²) >= 11 is 0. The maximum absolute atomic E-state index is 10.2. The molecule has 1 aromatic rings. The van der Waals surface area contributed by atoms with Gasteiger partial charge in [-0.15, -0.1) is 0 Å². The minimum absolute atomic E-state index is 0.0308. The molecule has 0 atom stereocenters. The van der Waals surface area contributed by atoms with Crippen LogP contribution >= 0.6 is 0 Å². The van der Waals surface area contributed by atoms with Crippen LogP contribution < -0.4 is 5.32 Å². The lowest BCUT2D eigenvalue weighted by Crippen LogP contribution is -2.11. The van der Waals surface area contributed by atoms with Gasteiger partial charge < -0.3 is 10.4 Å². The van der Waals surface area contributed by atoms with E-state index in [4.69, 9.17) is 0 Å². The summed E-state index contributed by atoms with van der Waals surface area (Å²) in [5.74, 6) is 0.391. The molecule has 0 bridgehead atoms. The number of phenolic OH excluding ortho intramolecular Hbond substituents is 1. The summed E-state index contributed by atoms with van der Waals surface area (Å²) < 4.78 is 0. The zero-order chi connectivity index (χ0) is 12.2. The molecule has 16 heavy (non-hydrogen) atoms. The van der Waals surface area contributed by atoms with E-state index >= 15 is 0 Å². The lowest BCUT2D eigenvalue weighted by Gasteiger charge is -2.21. The molecular formula is C14H21NO. The number of nitrogens with one attached hydrogen (secondary N) is 1. The van der Waals surface area contributed by atoms with Crippen molar-refractivity contribution < 1.29 is 5.11 Å². The summed E-state index contributed by atoms with van der Waals surface area (Å²) in [6.45, 7) is 7.11. The molecule has 2 N–H and O–H groups in total. The Morgan fingerprint density at radius 2 is 2.00 bits per heavy atom. The van der Waals surface area contributed by atoms with Gasteiger partial charge >= 0.3 is 0 Å². The van der Waals surface area contributed by atoms with Gasteiger partial charge in [0.1, 0.15) is 5.75 Å². The molecule has 2 nitrogen and oxygen atoms in total. The number of hydrogen-bond donors (Lipinski definition) is 2. The summed E-state index contributed by atoms with van der Waals surface area (Å²) in [6.07, 6.45) is 3.95. The number of likely N-dealkylation sites (N-methyl/N-ethyl adjacent to an activating group) is 1. The Morgan fingerprint density at radius 1 is 1.31 bits per heavy atom. The fourth-order valence-corrected chi connectivity index (χ4v) is 1.60. The fraction of sp³-hybridized carbons (Fsp3) is 0.429. The van der Waals surface area contributed by atoms with Crippen LogP contribution in [0.25, 0.3) is 6.08 Å². The first-order valence-corrected chi connectivity index (χ1v) is 5.60. The summed E-state index contributed by atoms with van der Waals surface area (Å²) in [4.78, 5) is 0. The van der Waals surface area contributed by atoms with Crippen molar-refractivity contribution in [2.24, 2.45) is 0 Å². The maximum Gasteiger partial charge on any atom is 0.126 e. The second kappa shape index (κ2) is 5.17. The number of para-hydroxylation sites is 1. The third kappa shape index (κ3) is 3.11. The van der Waals surface area contributed by atoms with Crippen molar-refractivity contribution in [3.05, 3.63) is 35.4 Å². The van der Waals surface area contributed by atoms with Crippen LogP contribution in [-0.4, -0.2) is 18.7 Å². The third-order valence-electron chi connectivity index (χ3n) is 2.49. The highest BCUT2D eigenvalue weighted by molar-refractivity contribution is 5.60. The van der Waals surface area contributed by atoms with Crippen LogP contribution in [0.1, 0.15) is 31.9 Å². The largest absolute Gasteiger partial charge is 0.507 e. The second-order valence-electron chi connectivity index (χ2n) is 4.95. The van der Waals surface area contributed by atoms with Crippen molar-refractivity contribution in [3.8, 4) is 5.75 Å². The lowest BCUT2D eigenvalue weighted by atomic mass is 9.85. The van der Waals surface area contributed by atoms with Gasteiger partial charge in [-0.05, 0) is 18.0 Å². The molecule has 0 aromatic heterocycles. The normalized spacial score (nSPS) is 12.2. The molecular weight excluding hydrogens is 198 g/mol. The molecule has 1 rings (SSSR count). The highest BCUT2D eigenvalue weighted by Gasteiger charge is 2.18. The highest BCUT2D eigenvalue weighted by atomic mass is 16.3. The van der Waals surface area contributed by atoms with Crippen LogP contribution in [-0.2, 0) is 5.41 Å². The van der Waals surface area contributed by atoms with Crippen molar-refractivity contribution in [1.29, 1.82) is 0 Å². The van der Waals surface area contributed by atoms with Gasteiger partial charge in [-0.3, -0.25) is 0 Å². The summed E-state index contributed by atoms with van der Waals surface area (Å²) in [6, 6.07) is 5.89. The Balaban J connectivity index is 3.05. The Hall–Kier alpha value is -1.28. The van der Waals surface area contributed by atoms with E-state index in [1.807, 2.05) is 37.4 Å². The lowest BCUT2D eigenvalue weighted by molar-refractivity contribution is 0.445. The van der Waals surface area contributed by atoms with Gasteiger partial charge in [-0.1, -0.05) is 51.1 Å². The van der Waals surface area contributed by atoms with Crippen LogP contribution in [0.4, 0.5) is 0 Å². The predicted octanol–water partition coefficient (Wildman–Crippen LogP) is 2.92. The SMILES string of the molecule is CNCC=Cc1cccc(C(C)(C)C)c1O. The number of hydrogen-bond acceptors (Lipinski definition) is 2. The number of phenols is 1. The fourth-order valence-electron chi connectivity index (χ4n) is 1.60. The smallest absolute Gasteiger partial charge is 0.126 e. The molecule has 0 aliphatic rings. The first-order valence-electron chi connectivity index (χ1n) is 5.60. The highest BCUT2D eigenvalue weighted by Crippen LogP contribution is 2.33. The van der Waals surface area contributed by atoms with Crippen LogP contribution in [0.2, 0.25) is 0 Å². The Morgan fingerprint density at radius 3 is 2.56 bits per heavy atom. The standard InChI is InChI=1S/C14H21NO/c1-14(2,3)12-9-5-7-11(13(12)16)8-6-10-15-4/h5-9,15-16H,10H2,1-4H3. The van der Waals surface area contributed by atoms with Gasteiger partial charge in [0.25, 0.3) is 0 Å². The van der Waals surface area contributed by atoms with E-state index in [0.717, 1.165) is 17.7 Å². The molecule has 0 saturated carbocycles. The van der Waals surface area contributed by atoms with Crippen molar-refractivity contribution in [1.82, 2.24) is 5.32 Å². The van der Waals surface area contributed by atoms with Crippen LogP contribution in [0.15, 0.2) is 24.3 Å². The van der Waals surface area contributed by atoms with Gasteiger partial charge in [0.2, 0.25) is 0 Å². The topological polar surface area (TPSA) is 32.3 Å². The molecule has 0 radical (unpaired) electrons. The molecule has 0 aliphatic heterocycles. The molecule has 0 aliphatic carbocycles. The van der Waals surface area contributed by atoms with Gasteiger partial charge in [0.15, 0.2) is 0 Å². The van der Waals surface area contributed by atoms with Gasteiger partial charge in [-0.25, -0.2) is 0 Å². The third-order valence-corrected chi connectivity index (χ3v) is 2.49. The van der Waals surface area contributed by atoms with E-state index in [1.165, 1.54) is 0 Å². The monoisotopic (exact) mass is 219 g/mol. The average Bonchev–Trinajstić information content (AvgIpc) is 2.19. The molecule has 88 valence electrons. The molecule has 0 spiro atoms. The first-order chi connectivity index (χ1) is 7.46. The second-order valence-corrected chi connectivity index (χ2v) is 4.95.